The van der Waals surface area contributed by atoms with Crippen LogP contribution in [0.1, 0.15) is 48.0 Å². The smallest absolute Gasteiger partial charge is 0.248 e. The molecule has 0 bridgehead atoms. The summed E-state index contributed by atoms with van der Waals surface area (Å²) in [6.45, 7) is 0.451. The lowest BCUT2D eigenvalue weighted by atomic mass is 9.96. The molecule has 1 fully saturated rings. The molecule has 0 radical (unpaired) electrons. The van der Waals surface area contributed by atoms with Crippen LogP contribution >= 0.6 is 0 Å². The maximum atomic E-state index is 11.1. The zero-order valence-corrected chi connectivity index (χ0v) is 11.6. The third-order valence-electron chi connectivity index (χ3n) is 3.60. The first-order valence-electron chi connectivity index (χ1n) is 7.10. The van der Waals surface area contributed by atoms with Crippen LogP contribution in [0, 0.1) is 0 Å². The Morgan fingerprint density at radius 1 is 1.25 bits per heavy atom. The van der Waals surface area contributed by atoms with Crippen LogP contribution in [-0.2, 0) is 6.54 Å². The van der Waals surface area contributed by atoms with E-state index in [1.807, 2.05) is 6.07 Å². The van der Waals surface area contributed by atoms with E-state index in [-0.39, 0.29) is 0 Å². The Balaban J connectivity index is 1.90. The fourth-order valence-electron chi connectivity index (χ4n) is 2.50. The van der Waals surface area contributed by atoms with Crippen molar-refractivity contribution in [3.8, 4) is 0 Å². The van der Waals surface area contributed by atoms with E-state index >= 15 is 0 Å². The van der Waals surface area contributed by atoms with Crippen LogP contribution in [0.15, 0.2) is 29.3 Å². The SMILES string of the molecule is NC(=O)c1cccc(CN=C(N)NC2CCCCC2)c1. The Hall–Kier alpha value is -2.04. The van der Waals surface area contributed by atoms with Gasteiger partial charge in [-0.1, -0.05) is 31.4 Å². The molecule has 1 aliphatic carbocycles. The van der Waals surface area contributed by atoms with Crippen molar-refractivity contribution in [2.75, 3.05) is 0 Å². The number of hydrogen-bond donors (Lipinski definition) is 3. The molecule has 1 saturated carbocycles. The number of nitrogens with two attached hydrogens (primary N) is 2. The second kappa shape index (κ2) is 6.93. The van der Waals surface area contributed by atoms with Gasteiger partial charge in [-0.15, -0.1) is 0 Å². The average Bonchev–Trinajstić information content (AvgIpc) is 2.46. The molecule has 0 aliphatic heterocycles. The number of nitrogens with zero attached hydrogens (tertiary/aromatic N) is 1. The van der Waals surface area contributed by atoms with Crippen LogP contribution in [0.25, 0.3) is 0 Å². The van der Waals surface area contributed by atoms with Gasteiger partial charge >= 0.3 is 0 Å². The fourth-order valence-corrected chi connectivity index (χ4v) is 2.50. The lowest BCUT2D eigenvalue weighted by Crippen LogP contribution is -2.41. The Labute approximate surface area is 119 Å². The second-order valence-electron chi connectivity index (χ2n) is 5.25. The minimum absolute atomic E-state index is 0.427. The Morgan fingerprint density at radius 2 is 2.00 bits per heavy atom. The van der Waals surface area contributed by atoms with Crippen molar-refractivity contribution >= 4 is 11.9 Å². The number of primary amides is 1. The Kier molecular flexibility index (Phi) is 4.98. The van der Waals surface area contributed by atoms with Crippen LogP contribution in [0.3, 0.4) is 0 Å². The predicted octanol–water partition coefficient (Wildman–Crippen LogP) is 1.52. The van der Waals surface area contributed by atoms with Crippen LogP contribution < -0.4 is 16.8 Å². The largest absolute Gasteiger partial charge is 0.370 e. The van der Waals surface area contributed by atoms with Crippen LogP contribution in [0.4, 0.5) is 0 Å². The molecule has 1 aliphatic rings. The Morgan fingerprint density at radius 3 is 2.70 bits per heavy atom. The van der Waals surface area contributed by atoms with E-state index in [1.54, 1.807) is 18.2 Å². The first-order valence-corrected chi connectivity index (χ1v) is 7.10. The summed E-state index contributed by atoms with van der Waals surface area (Å²) >= 11 is 0. The Bertz CT molecular complexity index is 492. The van der Waals surface area contributed by atoms with Gasteiger partial charge in [0.05, 0.1) is 6.54 Å². The first-order chi connectivity index (χ1) is 9.65. The van der Waals surface area contributed by atoms with Crippen LogP contribution in [-0.4, -0.2) is 17.9 Å². The summed E-state index contributed by atoms with van der Waals surface area (Å²) in [5, 5.41) is 3.26. The van der Waals surface area contributed by atoms with Gasteiger partial charge in [-0.05, 0) is 30.5 Å². The van der Waals surface area contributed by atoms with Crippen molar-refractivity contribution < 1.29 is 4.79 Å². The molecular weight excluding hydrogens is 252 g/mol. The zero-order chi connectivity index (χ0) is 14.4. The molecule has 5 nitrogen and oxygen atoms in total. The molecule has 0 saturated heterocycles. The number of carbonyl (C=O) groups excluding carboxylic acids is 1. The minimum atomic E-state index is -0.427. The number of rotatable bonds is 4. The van der Waals surface area contributed by atoms with Gasteiger partial charge < -0.3 is 16.8 Å². The summed E-state index contributed by atoms with van der Waals surface area (Å²) in [5.74, 6) is 0.0468. The van der Waals surface area contributed by atoms with Crippen LogP contribution in [0.5, 0.6) is 0 Å². The normalized spacial score (nSPS) is 16.9. The molecule has 20 heavy (non-hydrogen) atoms. The van der Waals surface area contributed by atoms with Crippen molar-refractivity contribution in [2.45, 2.75) is 44.7 Å². The molecule has 0 unspecified atom stereocenters. The van der Waals surface area contributed by atoms with E-state index in [9.17, 15) is 4.79 Å². The molecule has 0 spiro atoms. The average molecular weight is 274 g/mol. The lowest BCUT2D eigenvalue weighted by Gasteiger charge is -2.23. The lowest BCUT2D eigenvalue weighted by molar-refractivity contribution is 0.1000. The summed E-state index contributed by atoms with van der Waals surface area (Å²) in [6, 6.07) is 7.60. The minimum Gasteiger partial charge on any atom is -0.370 e. The number of benzene rings is 1. The maximum Gasteiger partial charge on any atom is 0.248 e. The highest BCUT2D eigenvalue weighted by atomic mass is 16.1. The molecule has 5 N–H and O–H groups in total. The summed E-state index contributed by atoms with van der Waals surface area (Å²) in [5.41, 5.74) is 12.6. The van der Waals surface area contributed by atoms with E-state index in [1.165, 1.54) is 19.3 Å². The first kappa shape index (κ1) is 14.4. The standard InChI is InChI=1S/C15H22N4O/c16-14(20)12-6-4-5-11(9-12)10-18-15(17)19-13-7-2-1-3-8-13/h4-6,9,13H,1-3,7-8,10H2,(H2,16,20)(H3,17,18,19). The summed E-state index contributed by atoms with van der Waals surface area (Å²) in [7, 11) is 0. The van der Waals surface area contributed by atoms with Gasteiger partial charge in [0.15, 0.2) is 5.96 Å². The third kappa shape index (κ3) is 4.26. The van der Waals surface area contributed by atoms with Crippen molar-refractivity contribution in [1.29, 1.82) is 0 Å². The van der Waals surface area contributed by atoms with Crippen molar-refractivity contribution in [3.05, 3.63) is 35.4 Å². The van der Waals surface area contributed by atoms with E-state index in [0.29, 0.717) is 24.1 Å². The predicted molar refractivity (Wildman–Crippen MR) is 80.3 cm³/mol. The monoisotopic (exact) mass is 274 g/mol. The maximum absolute atomic E-state index is 11.1. The van der Waals surface area contributed by atoms with Gasteiger partial charge in [-0.25, -0.2) is 4.99 Å². The fraction of sp³-hybridized carbons (Fsp3) is 0.467. The summed E-state index contributed by atoms with van der Waals surface area (Å²) < 4.78 is 0. The summed E-state index contributed by atoms with van der Waals surface area (Å²) in [4.78, 5) is 15.4. The van der Waals surface area contributed by atoms with Gasteiger partial charge in [-0.2, -0.15) is 0 Å². The van der Waals surface area contributed by atoms with E-state index < -0.39 is 5.91 Å². The highest BCUT2D eigenvalue weighted by molar-refractivity contribution is 5.92. The van der Waals surface area contributed by atoms with Gasteiger partial charge in [0.2, 0.25) is 5.91 Å². The summed E-state index contributed by atoms with van der Waals surface area (Å²) in [6.07, 6.45) is 6.15. The van der Waals surface area contributed by atoms with E-state index in [4.69, 9.17) is 11.5 Å². The molecule has 0 heterocycles. The van der Waals surface area contributed by atoms with E-state index in [2.05, 4.69) is 10.3 Å². The molecule has 108 valence electrons. The molecule has 0 atom stereocenters. The van der Waals surface area contributed by atoms with Gasteiger partial charge in [-0.3, -0.25) is 4.79 Å². The quantitative estimate of drug-likeness (QED) is 0.574. The second-order valence-corrected chi connectivity index (χ2v) is 5.25. The van der Waals surface area contributed by atoms with Gasteiger partial charge in [0.1, 0.15) is 0 Å². The molecule has 1 aromatic rings. The molecule has 0 aromatic heterocycles. The number of hydrogen-bond acceptors (Lipinski definition) is 2. The number of aliphatic imine (C=N–C) groups is 1. The third-order valence-corrected chi connectivity index (χ3v) is 3.60. The van der Waals surface area contributed by atoms with Crippen LogP contribution in [0.2, 0.25) is 0 Å². The highest BCUT2D eigenvalue weighted by Crippen LogP contribution is 2.17. The van der Waals surface area contributed by atoms with Crippen molar-refractivity contribution in [1.82, 2.24) is 5.32 Å². The molecule has 5 heteroatoms. The van der Waals surface area contributed by atoms with Gasteiger partial charge in [0, 0.05) is 11.6 Å². The topological polar surface area (TPSA) is 93.5 Å². The molecule has 2 rings (SSSR count). The van der Waals surface area contributed by atoms with E-state index in [0.717, 1.165) is 18.4 Å². The highest BCUT2D eigenvalue weighted by Gasteiger charge is 2.13. The number of carbonyl (C=O) groups is 1. The molecule has 1 amide bonds. The molecule has 1 aromatic carbocycles. The number of amides is 1. The number of nitrogens with one attached hydrogen (secondary N) is 1. The zero-order valence-electron chi connectivity index (χ0n) is 11.6. The van der Waals surface area contributed by atoms with Crippen molar-refractivity contribution in [3.63, 3.8) is 0 Å². The number of guanidine groups is 1. The van der Waals surface area contributed by atoms with Crippen molar-refractivity contribution in [2.24, 2.45) is 16.5 Å². The molecular formula is C15H22N4O. The van der Waals surface area contributed by atoms with Gasteiger partial charge in [0.25, 0.3) is 0 Å².